The number of ether oxygens (including phenoxy) is 1. The van der Waals surface area contributed by atoms with Crippen LogP contribution in [-0.4, -0.2) is 43.4 Å². The van der Waals surface area contributed by atoms with Crippen molar-refractivity contribution in [3.05, 3.63) is 29.0 Å². The molecule has 0 unspecified atom stereocenters. The van der Waals surface area contributed by atoms with Gasteiger partial charge in [-0.2, -0.15) is 0 Å². The van der Waals surface area contributed by atoms with E-state index >= 15 is 0 Å². The molecule has 7 heteroatoms. The number of methoxy groups -OCH3 is 1. The van der Waals surface area contributed by atoms with Gasteiger partial charge in [-0.1, -0.05) is 11.6 Å². The number of carbonyl (C=O) groups is 1. The van der Waals surface area contributed by atoms with E-state index in [1.54, 1.807) is 18.2 Å². The van der Waals surface area contributed by atoms with Crippen LogP contribution in [0.5, 0.6) is 5.75 Å². The van der Waals surface area contributed by atoms with Crippen LogP contribution in [-0.2, 0) is 0 Å². The maximum Gasteiger partial charge on any atom is 0.287 e. The molecule has 2 heterocycles. The number of halogens is 1. The first kappa shape index (κ1) is 16.7. The number of hydrogen-bond donors (Lipinski definition) is 3. The quantitative estimate of drug-likeness (QED) is 0.777. The van der Waals surface area contributed by atoms with E-state index < -0.39 is 6.10 Å². The van der Waals surface area contributed by atoms with Crippen molar-refractivity contribution in [2.75, 3.05) is 20.2 Å². The molecule has 1 aliphatic heterocycles. The van der Waals surface area contributed by atoms with Crippen LogP contribution < -0.4 is 15.4 Å². The molecule has 0 bridgehead atoms. The van der Waals surface area contributed by atoms with Gasteiger partial charge in [0.15, 0.2) is 17.1 Å². The number of rotatable bonds is 3. The maximum absolute atomic E-state index is 12.6. The Morgan fingerprint density at radius 3 is 2.84 bits per heavy atom. The van der Waals surface area contributed by atoms with Crippen LogP contribution in [0.1, 0.15) is 23.4 Å². The van der Waals surface area contributed by atoms with Gasteiger partial charge in [0.05, 0.1) is 19.3 Å². The van der Waals surface area contributed by atoms with Gasteiger partial charge in [-0.15, -0.1) is 0 Å². The molecule has 134 valence electrons. The molecular weight excluding hydrogens is 344 g/mol. The van der Waals surface area contributed by atoms with Gasteiger partial charge in [0.25, 0.3) is 5.91 Å². The zero-order chi connectivity index (χ0) is 17.6. The van der Waals surface area contributed by atoms with E-state index in [2.05, 4.69) is 10.6 Å². The van der Waals surface area contributed by atoms with Gasteiger partial charge in [0, 0.05) is 16.5 Å². The Morgan fingerprint density at radius 2 is 2.08 bits per heavy atom. The van der Waals surface area contributed by atoms with Crippen molar-refractivity contribution in [1.82, 2.24) is 10.6 Å². The third-order valence-electron chi connectivity index (χ3n) is 5.35. The fourth-order valence-corrected chi connectivity index (χ4v) is 4.26. The second kappa shape index (κ2) is 6.52. The van der Waals surface area contributed by atoms with Crippen LogP contribution in [0.25, 0.3) is 11.0 Å². The maximum atomic E-state index is 12.6. The number of fused-ring (bicyclic) bond motifs is 2. The lowest BCUT2D eigenvalue weighted by Gasteiger charge is -2.35. The molecule has 1 aromatic heterocycles. The van der Waals surface area contributed by atoms with Gasteiger partial charge in [0.2, 0.25) is 0 Å². The lowest BCUT2D eigenvalue weighted by molar-refractivity contribution is 0.0453. The summed E-state index contributed by atoms with van der Waals surface area (Å²) in [5, 5.41) is 17.9. The molecule has 1 aliphatic carbocycles. The molecular formula is C18H21ClN2O4. The third-order valence-corrected chi connectivity index (χ3v) is 5.57. The van der Waals surface area contributed by atoms with Crippen molar-refractivity contribution in [3.8, 4) is 5.75 Å². The summed E-state index contributed by atoms with van der Waals surface area (Å²) in [6.45, 7) is 1.90. The largest absolute Gasteiger partial charge is 0.493 e. The first-order valence-corrected chi connectivity index (χ1v) is 8.89. The van der Waals surface area contributed by atoms with Crippen molar-refractivity contribution >= 4 is 28.5 Å². The summed E-state index contributed by atoms with van der Waals surface area (Å²) >= 11 is 6.06. The zero-order valence-corrected chi connectivity index (χ0v) is 14.7. The summed E-state index contributed by atoms with van der Waals surface area (Å²) < 4.78 is 10.9. The number of aliphatic hydroxyl groups is 1. The van der Waals surface area contributed by atoms with Crippen molar-refractivity contribution in [2.45, 2.75) is 25.0 Å². The Morgan fingerprint density at radius 1 is 1.32 bits per heavy atom. The topological polar surface area (TPSA) is 83.7 Å². The molecule has 2 aromatic rings. The monoisotopic (exact) mass is 364 g/mol. The van der Waals surface area contributed by atoms with Gasteiger partial charge < -0.3 is 24.9 Å². The Hall–Kier alpha value is -1.76. The number of benzene rings is 1. The second-order valence-electron chi connectivity index (χ2n) is 6.93. The second-order valence-corrected chi connectivity index (χ2v) is 7.37. The van der Waals surface area contributed by atoms with Gasteiger partial charge in [-0.25, -0.2) is 0 Å². The van der Waals surface area contributed by atoms with Crippen molar-refractivity contribution < 1.29 is 19.1 Å². The molecule has 3 N–H and O–H groups in total. The van der Waals surface area contributed by atoms with Gasteiger partial charge in [-0.3, -0.25) is 4.79 Å². The van der Waals surface area contributed by atoms with Crippen LogP contribution in [0, 0.1) is 11.8 Å². The Labute approximate surface area is 150 Å². The third kappa shape index (κ3) is 3.10. The van der Waals surface area contributed by atoms with Crippen molar-refractivity contribution in [2.24, 2.45) is 11.8 Å². The van der Waals surface area contributed by atoms with Crippen molar-refractivity contribution in [3.63, 3.8) is 0 Å². The predicted octanol–water partition coefficient (Wildman–Crippen LogP) is 2.18. The minimum atomic E-state index is -0.529. The molecule has 25 heavy (non-hydrogen) atoms. The van der Waals surface area contributed by atoms with E-state index in [1.807, 2.05) is 0 Å². The summed E-state index contributed by atoms with van der Waals surface area (Å²) in [4.78, 5) is 12.6. The Balaban J connectivity index is 1.54. The Bertz CT molecular complexity index is 806. The van der Waals surface area contributed by atoms with Gasteiger partial charge >= 0.3 is 0 Å². The molecule has 2 aliphatic rings. The molecule has 1 saturated carbocycles. The van der Waals surface area contributed by atoms with Crippen LogP contribution in [0.3, 0.4) is 0 Å². The normalized spacial score (nSPS) is 28.8. The van der Waals surface area contributed by atoms with Gasteiger partial charge in [0.1, 0.15) is 0 Å². The highest BCUT2D eigenvalue weighted by atomic mass is 35.5. The van der Waals surface area contributed by atoms with E-state index in [-0.39, 0.29) is 17.7 Å². The fourth-order valence-electron chi connectivity index (χ4n) is 4.04. The molecule has 1 aromatic carbocycles. The number of amides is 1. The summed E-state index contributed by atoms with van der Waals surface area (Å²) in [6, 6.07) is 4.76. The van der Waals surface area contributed by atoms with E-state index in [9.17, 15) is 9.90 Å². The smallest absolute Gasteiger partial charge is 0.287 e. The minimum Gasteiger partial charge on any atom is -0.493 e. The summed E-state index contributed by atoms with van der Waals surface area (Å²) in [5.41, 5.74) is 0.487. The summed E-state index contributed by atoms with van der Waals surface area (Å²) in [5.74, 6) is 1.35. The lowest BCUT2D eigenvalue weighted by atomic mass is 9.77. The highest BCUT2D eigenvalue weighted by Crippen LogP contribution is 2.34. The van der Waals surface area contributed by atoms with Crippen LogP contribution >= 0.6 is 11.6 Å². The molecule has 1 amide bonds. The number of hydrogen-bond acceptors (Lipinski definition) is 5. The standard InChI is InChI=1S/C18H21ClN2O4/c1-24-15-6-12(19)2-9-5-16(25-17(9)15)18(23)21-13-3-10-7-20-8-11(10)4-14(13)22/h2,5-6,10-11,13-14,20,22H,3-4,7-8H2,1H3,(H,21,23)/t10-,11+,13-,14-/m0/s1. The summed E-state index contributed by atoms with van der Waals surface area (Å²) in [7, 11) is 1.53. The minimum absolute atomic E-state index is 0.189. The lowest BCUT2D eigenvalue weighted by Crippen LogP contribution is -2.49. The van der Waals surface area contributed by atoms with E-state index in [4.69, 9.17) is 20.8 Å². The average molecular weight is 365 g/mol. The van der Waals surface area contributed by atoms with E-state index in [1.165, 1.54) is 7.11 Å². The molecule has 4 rings (SSSR count). The van der Waals surface area contributed by atoms with Crippen LogP contribution in [0.4, 0.5) is 0 Å². The van der Waals surface area contributed by atoms with Crippen LogP contribution in [0.15, 0.2) is 22.6 Å². The zero-order valence-electron chi connectivity index (χ0n) is 13.9. The number of carbonyl (C=O) groups excluding carboxylic acids is 1. The predicted molar refractivity (Wildman–Crippen MR) is 94.1 cm³/mol. The highest BCUT2D eigenvalue weighted by molar-refractivity contribution is 6.31. The highest BCUT2D eigenvalue weighted by Gasteiger charge is 2.39. The SMILES string of the molecule is COc1cc(Cl)cc2cc(C(=O)N[C@H]3C[C@H]4CNC[C@H]4C[C@@H]3O)oc12. The first-order chi connectivity index (χ1) is 12.0. The van der Waals surface area contributed by atoms with E-state index in [0.717, 1.165) is 19.5 Å². The van der Waals surface area contributed by atoms with Crippen LogP contribution in [0.2, 0.25) is 5.02 Å². The van der Waals surface area contributed by atoms with E-state index in [0.29, 0.717) is 40.0 Å². The summed E-state index contributed by atoms with van der Waals surface area (Å²) in [6.07, 6.45) is 0.963. The van der Waals surface area contributed by atoms with Gasteiger partial charge in [-0.05, 0) is 49.9 Å². The average Bonchev–Trinajstić information content (AvgIpc) is 3.20. The number of aliphatic hydroxyl groups excluding tert-OH is 1. The molecule has 2 fully saturated rings. The van der Waals surface area contributed by atoms with Crippen molar-refractivity contribution in [1.29, 1.82) is 0 Å². The Kier molecular flexibility index (Phi) is 4.35. The molecule has 0 radical (unpaired) electrons. The molecule has 4 atom stereocenters. The molecule has 6 nitrogen and oxygen atoms in total. The number of furan rings is 1. The first-order valence-electron chi connectivity index (χ1n) is 8.52. The molecule has 1 saturated heterocycles. The molecule has 0 spiro atoms. The number of nitrogens with one attached hydrogen (secondary N) is 2. The fraction of sp³-hybridized carbons (Fsp3) is 0.500.